The number of nitrogens with zero attached hydrogens (tertiary/aromatic N) is 2. The minimum absolute atomic E-state index is 0.162. The van der Waals surface area contributed by atoms with Crippen molar-refractivity contribution in [2.24, 2.45) is 0 Å². The van der Waals surface area contributed by atoms with Crippen LogP contribution in [0.1, 0.15) is 26.7 Å². The van der Waals surface area contributed by atoms with Gasteiger partial charge in [-0.2, -0.15) is 0 Å². The highest BCUT2D eigenvalue weighted by Gasteiger charge is 2.33. The first kappa shape index (κ1) is 15.4. The average molecular weight is 332 g/mol. The zero-order valence-electron chi connectivity index (χ0n) is 10.5. The molecule has 0 aliphatic rings. The maximum Gasteiger partial charge on any atom is 0.329 e. The first-order valence-corrected chi connectivity index (χ1v) is 6.41. The molecule has 1 rings (SSSR count). The van der Waals surface area contributed by atoms with Gasteiger partial charge in [-0.1, -0.05) is 13.3 Å². The Bertz CT molecular complexity index is 509. The van der Waals surface area contributed by atoms with Gasteiger partial charge in [-0.15, -0.1) is 0 Å². The molecule has 1 atom stereocenters. The summed E-state index contributed by atoms with van der Waals surface area (Å²) in [6.07, 6.45) is 2.18. The molecule has 0 saturated carbocycles. The van der Waals surface area contributed by atoms with Crippen molar-refractivity contribution in [2.75, 3.05) is 5.32 Å². The first-order chi connectivity index (χ1) is 8.80. The SMILES string of the molecule is CCCC(C)(Nc1ncc([N+](=O)[O-])cc1Br)C(=O)O. The van der Waals surface area contributed by atoms with Gasteiger partial charge >= 0.3 is 5.97 Å². The Labute approximate surface area is 118 Å². The molecule has 0 aliphatic carbocycles. The van der Waals surface area contributed by atoms with E-state index in [1.54, 1.807) is 6.92 Å². The number of pyridine rings is 1. The third kappa shape index (κ3) is 3.63. The van der Waals surface area contributed by atoms with Gasteiger partial charge in [0.15, 0.2) is 0 Å². The summed E-state index contributed by atoms with van der Waals surface area (Å²) in [4.78, 5) is 25.2. The number of rotatable bonds is 6. The summed E-state index contributed by atoms with van der Waals surface area (Å²) in [6.45, 7) is 3.43. The number of carboxylic acids is 1. The summed E-state index contributed by atoms with van der Waals surface area (Å²) < 4.78 is 0.352. The van der Waals surface area contributed by atoms with Crippen LogP contribution in [0.2, 0.25) is 0 Å². The average Bonchev–Trinajstić information content (AvgIpc) is 2.31. The molecule has 19 heavy (non-hydrogen) atoms. The number of anilines is 1. The van der Waals surface area contributed by atoms with E-state index in [4.69, 9.17) is 0 Å². The fraction of sp³-hybridized carbons (Fsp3) is 0.455. The molecule has 0 bridgehead atoms. The van der Waals surface area contributed by atoms with Crippen molar-refractivity contribution in [1.29, 1.82) is 0 Å². The number of carbonyl (C=O) groups is 1. The largest absolute Gasteiger partial charge is 0.480 e. The molecule has 0 amide bonds. The van der Waals surface area contributed by atoms with E-state index in [1.807, 2.05) is 6.92 Å². The highest BCUT2D eigenvalue weighted by molar-refractivity contribution is 9.10. The topological polar surface area (TPSA) is 105 Å². The lowest BCUT2D eigenvalue weighted by Crippen LogP contribution is -2.43. The van der Waals surface area contributed by atoms with E-state index in [0.717, 1.165) is 6.20 Å². The smallest absolute Gasteiger partial charge is 0.329 e. The molecule has 0 radical (unpaired) electrons. The number of aromatic nitrogens is 1. The third-order valence-corrected chi connectivity index (χ3v) is 3.26. The van der Waals surface area contributed by atoms with E-state index in [-0.39, 0.29) is 11.5 Å². The van der Waals surface area contributed by atoms with Crippen LogP contribution in [0.4, 0.5) is 11.5 Å². The summed E-state index contributed by atoms with van der Waals surface area (Å²) in [7, 11) is 0. The van der Waals surface area contributed by atoms with Gasteiger partial charge < -0.3 is 10.4 Å². The maximum absolute atomic E-state index is 11.3. The zero-order chi connectivity index (χ0) is 14.6. The Kier molecular flexibility index (Phi) is 4.82. The quantitative estimate of drug-likeness (QED) is 0.613. The molecule has 1 heterocycles. The van der Waals surface area contributed by atoms with Crippen molar-refractivity contribution in [2.45, 2.75) is 32.2 Å². The van der Waals surface area contributed by atoms with Gasteiger partial charge in [-0.25, -0.2) is 9.78 Å². The van der Waals surface area contributed by atoms with E-state index in [0.29, 0.717) is 17.3 Å². The van der Waals surface area contributed by atoms with Crippen LogP contribution in [-0.2, 0) is 4.79 Å². The number of carboxylic acid groups (broad SMARTS) is 1. The number of halogens is 1. The molecule has 2 N–H and O–H groups in total. The molecule has 104 valence electrons. The lowest BCUT2D eigenvalue weighted by Gasteiger charge is -2.26. The lowest BCUT2D eigenvalue weighted by molar-refractivity contribution is -0.385. The number of hydrogen-bond donors (Lipinski definition) is 2. The second kappa shape index (κ2) is 5.96. The van der Waals surface area contributed by atoms with Crippen molar-refractivity contribution in [3.05, 3.63) is 26.9 Å². The first-order valence-electron chi connectivity index (χ1n) is 5.61. The van der Waals surface area contributed by atoms with E-state index in [9.17, 15) is 20.0 Å². The summed E-state index contributed by atoms with van der Waals surface area (Å²) in [5.74, 6) is -0.731. The molecule has 1 unspecified atom stereocenters. The molecular weight excluding hydrogens is 318 g/mol. The van der Waals surface area contributed by atoms with E-state index in [1.165, 1.54) is 6.07 Å². The Morgan fingerprint density at radius 1 is 1.68 bits per heavy atom. The Hall–Kier alpha value is -1.70. The molecule has 8 heteroatoms. The molecule has 0 aromatic carbocycles. The molecule has 0 fully saturated rings. The summed E-state index contributed by atoms with van der Waals surface area (Å²) in [5, 5.41) is 22.6. The van der Waals surface area contributed by atoms with Crippen LogP contribution in [-0.4, -0.2) is 26.5 Å². The molecular formula is C11H14BrN3O4. The lowest BCUT2D eigenvalue weighted by atomic mass is 9.96. The van der Waals surface area contributed by atoms with Gasteiger partial charge in [0, 0.05) is 6.07 Å². The fourth-order valence-electron chi connectivity index (χ4n) is 1.60. The maximum atomic E-state index is 11.3. The van der Waals surface area contributed by atoms with E-state index in [2.05, 4.69) is 26.2 Å². The van der Waals surface area contributed by atoms with Gasteiger partial charge in [0.1, 0.15) is 17.6 Å². The molecule has 1 aromatic heterocycles. The minimum atomic E-state index is -1.17. The van der Waals surface area contributed by atoms with Crippen LogP contribution >= 0.6 is 15.9 Å². The number of aliphatic carboxylic acids is 1. The predicted molar refractivity (Wildman–Crippen MR) is 73.2 cm³/mol. The number of nitro groups is 1. The van der Waals surface area contributed by atoms with Gasteiger partial charge in [0.2, 0.25) is 0 Å². The second-order valence-corrected chi connectivity index (χ2v) is 5.15. The van der Waals surface area contributed by atoms with Crippen LogP contribution in [0.15, 0.2) is 16.7 Å². The standard InChI is InChI=1S/C11H14BrN3O4/c1-3-4-11(2,10(16)17)14-9-8(12)5-7(6-13-9)15(18)19/h5-6H,3-4H2,1-2H3,(H,13,14)(H,16,17). The van der Waals surface area contributed by atoms with Crippen molar-refractivity contribution >= 4 is 33.4 Å². The molecule has 1 aromatic rings. The van der Waals surface area contributed by atoms with Crippen molar-refractivity contribution in [3.8, 4) is 0 Å². The Balaban J connectivity index is 3.04. The fourth-order valence-corrected chi connectivity index (χ4v) is 2.04. The normalized spacial score (nSPS) is 13.6. The van der Waals surface area contributed by atoms with Crippen molar-refractivity contribution < 1.29 is 14.8 Å². The Morgan fingerprint density at radius 3 is 2.74 bits per heavy atom. The van der Waals surface area contributed by atoms with Crippen LogP contribution in [0, 0.1) is 10.1 Å². The molecule has 0 aliphatic heterocycles. The highest BCUT2D eigenvalue weighted by Crippen LogP contribution is 2.28. The number of nitrogens with one attached hydrogen (secondary N) is 1. The van der Waals surface area contributed by atoms with Crippen LogP contribution < -0.4 is 5.32 Å². The molecule has 0 saturated heterocycles. The highest BCUT2D eigenvalue weighted by atomic mass is 79.9. The van der Waals surface area contributed by atoms with Crippen LogP contribution in [0.5, 0.6) is 0 Å². The van der Waals surface area contributed by atoms with Crippen molar-refractivity contribution in [1.82, 2.24) is 4.98 Å². The van der Waals surface area contributed by atoms with Crippen LogP contribution in [0.3, 0.4) is 0 Å². The molecule has 7 nitrogen and oxygen atoms in total. The number of hydrogen-bond acceptors (Lipinski definition) is 5. The zero-order valence-corrected chi connectivity index (χ0v) is 12.1. The van der Waals surface area contributed by atoms with Gasteiger partial charge in [-0.3, -0.25) is 10.1 Å². The minimum Gasteiger partial charge on any atom is -0.480 e. The summed E-state index contributed by atoms with van der Waals surface area (Å²) in [6, 6.07) is 1.28. The summed E-state index contributed by atoms with van der Waals surface area (Å²) >= 11 is 3.15. The van der Waals surface area contributed by atoms with Gasteiger partial charge in [-0.05, 0) is 29.3 Å². The molecule has 0 spiro atoms. The van der Waals surface area contributed by atoms with E-state index >= 15 is 0 Å². The third-order valence-electron chi connectivity index (χ3n) is 2.65. The summed E-state index contributed by atoms with van der Waals surface area (Å²) in [5.41, 5.74) is -1.33. The van der Waals surface area contributed by atoms with Gasteiger partial charge in [0.05, 0.1) is 9.40 Å². The monoisotopic (exact) mass is 331 g/mol. The van der Waals surface area contributed by atoms with Gasteiger partial charge in [0.25, 0.3) is 5.69 Å². The van der Waals surface area contributed by atoms with E-state index < -0.39 is 16.4 Å². The van der Waals surface area contributed by atoms with Crippen molar-refractivity contribution in [3.63, 3.8) is 0 Å². The second-order valence-electron chi connectivity index (χ2n) is 4.29. The predicted octanol–water partition coefficient (Wildman–Crippen LogP) is 2.81. The Morgan fingerprint density at radius 2 is 2.32 bits per heavy atom. The van der Waals surface area contributed by atoms with Crippen LogP contribution in [0.25, 0.3) is 0 Å².